The summed E-state index contributed by atoms with van der Waals surface area (Å²) in [4.78, 5) is 6.01. The lowest BCUT2D eigenvalue weighted by molar-refractivity contribution is 0.101. The summed E-state index contributed by atoms with van der Waals surface area (Å²) in [6.07, 6.45) is 0.714. The van der Waals surface area contributed by atoms with E-state index in [0.717, 1.165) is 5.56 Å². The van der Waals surface area contributed by atoms with Crippen LogP contribution < -0.4 is 4.90 Å². The summed E-state index contributed by atoms with van der Waals surface area (Å²) in [6.45, 7) is -0.0864. The van der Waals surface area contributed by atoms with Gasteiger partial charge in [0.2, 0.25) is 5.95 Å². The summed E-state index contributed by atoms with van der Waals surface area (Å²) >= 11 is 5.85. The molecule has 1 unspecified atom stereocenters. The average molecular weight is 295 g/mol. The Morgan fingerprint density at radius 1 is 1.30 bits per heavy atom. The minimum Gasteiger partial charge on any atom is -0.394 e. The molecule has 0 saturated carbocycles. The standard InChI is InChI=1S/C13H15ClN4O2/c1-18(7-11(20)8-19)13-16-12(6-15-17-13)9-2-4-10(14)5-3-9/h2-6,11,19-20H,7-8H2,1H3. The van der Waals surface area contributed by atoms with Crippen molar-refractivity contribution in [3.05, 3.63) is 35.5 Å². The van der Waals surface area contributed by atoms with Gasteiger partial charge < -0.3 is 15.1 Å². The molecule has 106 valence electrons. The van der Waals surface area contributed by atoms with E-state index >= 15 is 0 Å². The molecule has 0 saturated heterocycles. The highest BCUT2D eigenvalue weighted by Gasteiger charge is 2.11. The van der Waals surface area contributed by atoms with Crippen molar-refractivity contribution in [2.75, 3.05) is 25.1 Å². The second-order valence-electron chi connectivity index (χ2n) is 4.37. The lowest BCUT2D eigenvalue weighted by Gasteiger charge is -2.19. The number of hydrogen-bond acceptors (Lipinski definition) is 6. The van der Waals surface area contributed by atoms with Crippen LogP contribution >= 0.6 is 11.6 Å². The van der Waals surface area contributed by atoms with Crippen molar-refractivity contribution in [1.82, 2.24) is 15.2 Å². The first-order valence-electron chi connectivity index (χ1n) is 6.06. The molecule has 0 spiro atoms. The van der Waals surface area contributed by atoms with Crippen LogP contribution in [0, 0.1) is 0 Å². The predicted octanol–water partition coefficient (Wildman–Crippen LogP) is 0.981. The lowest BCUT2D eigenvalue weighted by Crippen LogP contribution is -2.32. The summed E-state index contributed by atoms with van der Waals surface area (Å²) in [5.41, 5.74) is 1.54. The van der Waals surface area contributed by atoms with Crippen LogP contribution in [0.25, 0.3) is 11.3 Å². The first kappa shape index (κ1) is 14.6. The van der Waals surface area contributed by atoms with Crippen molar-refractivity contribution in [2.45, 2.75) is 6.10 Å². The Hall–Kier alpha value is -1.76. The number of aromatic nitrogens is 3. The van der Waals surface area contributed by atoms with Crippen molar-refractivity contribution >= 4 is 17.5 Å². The number of likely N-dealkylation sites (N-methyl/N-ethyl adjacent to an activating group) is 1. The fourth-order valence-corrected chi connectivity index (χ4v) is 1.80. The van der Waals surface area contributed by atoms with Gasteiger partial charge in [-0.25, -0.2) is 4.98 Å². The number of aliphatic hydroxyl groups excluding tert-OH is 2. The van der Waals surface area contributed by atoms with Gasteiger partial charge >= 0.3 is 0 Å². The van der Waals surface area contributed by atoms with E-state index in [1.807, 2.05) is 12.1 Å². The van der Waals surface area contributed by atoms with Gasteiger partial charge in [-0.2, -0.15) is 5.10 Å². The monoisotopic (exact) mass is 294 g/mol. The highest BCUT2D eigenvalue weighted by atomic mass is 35.5. The van der Waals surface area contributed by atoms with Crippen LogP contribution in [0.2, 0.25) is 5.02 Å². The van der Waals surface area contributed by atoms with Crippen molar-refractivity contribution in [2.24, 2.45) is 0 Å². The number of aliphatic hydroxyl groups is 2. The molecule has 6 nitrogen and oxygen atoms in total. The molecule has 0 aliphatic heterocycles. The third-order valence-electron chi connectivity index (χ3n) is 2.72. The molecule has 0 bridgehead atoms. The van der Waals surface area contributed by atoms with Crippen LogP contribution in [-0.4, -0.2) is 51.7 Å². The Bertz CT molecular complexity index is 565. The maximum absolute atomic E-state index is 9.42. The fraction of sp³-hybridized carbons (Fsp3) is 0.308. The quantitative estimate of drug-likeness (QED) is 0.855. The van der Waals surface area contributed by atoms with E-state index in [0.29, 0.717) is 16.7 Å². The average Bonchev–Trinajstić information content (AvgIpc) is 2.48. The third kappa shape index (κ3) is 3.63. The van der Waals surface area contributed by atoms with Crippen LogP contribution in [0.3, 0.4) is 0 Å². The molecule has 2 aromatic rings. The number of anilines is 1. The van der Waals surface area contributed by atoms with E-state index in [-0.39, 0.29) is 13.2 Å². The fourth-order valence-electron chi connectivity index (χ4n) is 1.67. The number of benzene rings is 1. The largest absolute Gasteiger partial charge is 0.394 e. The normalized spacial score (nSPS) is 12.2. The maximum atomic E-state index is 9.42. The first-order chi connectivity index (χ1) is 9.60. The first-order valence-corrected chi connectivity index (χ1v) is 6.43. The van der Waals surface area contributed by atoms with Crippen LogP contribution in [0.4, 0.5) is 5.95 Å². The van der Waals surface area contributed by atoms with Crippen molar-refractivity contribution in [3.8, 4) is 11.3 Å². The van der Waals surface area contributed by atoms with Gasteiger partial charge in [0, 0.05) is 24.2 Å². The zero-order chi connectivity index (χ0) is 14.5. The summed E-state index contributed by atoms with van der Waals surface area (Å²) in [7, 11) is 1.72. The van der Waals surface area contributed by atoms with Gasteiger partial charge in [0.15, 0.2) is 0 Å². The third-order valence-corrected chi connectivity index (χ3v) is 2.98. The Kier molecular flexibility index (Phi) is 4.84. The second-order valence-corrected chi connectivity index (χ2v) is 4.80. The molecular weight excluding hydrogens is 280 g/mol. The van der Waals surface area contributed by atoms with E-state index in [2.05, 4.69) is 15.2 Å². The van der Waals surface area contributed by atoms with Crippen molar-refractivity contribution < 1.29 is 10.2 Å². The smallest absolute Gasteiger partial charge is 0.245 e. The summed E-state index contributed by atoms with van der Waals surface area (Å²) < 4.78 is 0. The SMILES string of the molecule is CN(CC(O)CO)c1nncc(-c2ccc(Cl)cc2)n1. The minimum absolute atomic E-state index is 0.224. The van der Waals surface area contributed by atoms with E-state index in [9.17, 15) is 5.11 Å². The molecule has 0 aliphatic rings. The lowest BCUT2D eigenvalue weighted by atomic mass is 10.2. The van der Waals surface area contributed by atoms with E-state index < -0.39 is 6.10 Å². The van der Waals surface area contributed by atoms with Crippen LogP contribution in [0.15, 0.2) is 30.5 Å². The zero-order valence-electron chi connectivity index (χ0n) is 10.9. The van der Waals surface area contributed by atoms with Crippen molar-refractivity contribution in [3.63, 3.8) is 0 Å². The van der Waals surface area contributed by atoms with Gasteiger partial charge in [-0.3, -0.25) is 0 Å². The van der Waals surface area contributed by atoms with E-state index in [1.54, 1.807) is 30.3 Å². The Morgan fingerprint density at radius 2 is 2.00 bits per heavy atom. The predicted molar refractivity (Wildman–Crippen MR) is 76.6 cm³/mol. The minimum atomic E-state index is -0.845. The molecule has 20 heavy (non-hydrogen) atoms. The van der Waals surface area contributed by atoms with Gasteiger partial charge in [0.1, 0.15) is 0 Å². The van der Waals surface area contributed by atoms with Gasteiger partial charge in [-0.1, -0.05) is 23.7 Å². The summed E-state index contributed by atoms with van der Waals surface area (Å²) in [5, 5.41) is 26.7. The maximum Gasteiger partial charge on any atom is 0.245 e. The van der Waals surface area contributed by atoms with Crippen LogP contribution in [0.1, 0.15) is 0 Å². The molecule has 1 heterocycles. The van der Waals surface area contributed by atoms with Gasteiger partial charge in [0.25, 0.3) is 0 Å². The van der Waals surface area contributed by atoms with Crippen molar-refractivity contribution in [1.29, 1.82) is 0 Å². The molecule has 1 atom stereocenters. The molecule has 7 heteroatoms. The summed E-state index contributed by atoms with van der Waals surface area (Å²) in [6, 6.07) is 7.24. The zero-order valence-corrected chi connectivity index (χ0v) is 11.7. The molecule has 0 amide bonds. The van der Waals surface area contributed by atoms with Crippen LogP contribution in [0.5, 0.6) is 0 Å². The molecule has 2 N–H and O–H groups in total. The van der Waals surface area contributed by atoms with Gasteiger partial charge in [-0.15, -0.1) is 5.10 Å². The highest BCUT2D eigenvalue weighted by molar-refractivity contribution is 6.30. The number of rotatable bonds is 5. The molecule has 0 radical (unpaired) electrons. The van der Waals surface area contributed by atoms with Gasteiger partial charge in [0.05, 0.1) is 24.6 Å². The highest BCUT2D eigenvalue weighted by Crippen LogP contribution is 2.20. The topological polar surface area (TPSA) is 82.4 Å². The van der Waals surface area contributed by atoms with Gasteiger partial charge in [-0.05, 0) is 12.1 Å². The molecule has 1 aromatic carbocycles. The molecule has 0 aliphatic carbocycles. The Labute approximate surface area is 121 Å². The Morgan fingerprint density at radius 3 is 2.65 bits per heavy atom. The molecule has 0 fully saturated rings. The summed E-state index contributed by atoms with van der Waals surface area (Å²) in [5.74, 6) is 0.380. The molecule has 2 rings (SSSR count). The Balaban J connectivity index is 2.21. The number of nitrogens with zero attached hydrogens (tertiary/aromatic N) is 4. The molecular formula is C13H15ClN4O2. The number of hydrogen-bond donors (Lipinski definition) is 2. The van der Waals surface area contributed by atoms with E-state index in [4.69, 9.17) is 16.7 Å². The number of halogens is 1. The van der Waals surface area contributed by atoms with E-state index in [1.165, 1.54) is 0 Å². The van der Waals surface area contributed by atoms with Crippen LogP contribution in [-0.2, 0) is 0 Å². The second kappa shape index (κ2) is 6.60. The molecule has 1 aromatic heterocycles.